The summed E-state index contributed by atoms with van der Waals surface area (Å²) >= 11 is 0. The first-order valence-electron chi connectivity index (χ1n) is 13.2. The van der Waals surface area contributed by atoms with E-state index in [1.54, 1.807) is 34.9 Å². The Balaban J connectivity index is 1.34. The molecule has 5 aromatic rings. The van der Waals surface area contributed by atoms with Crippen molar-refractivity contribution in [3.05, 3.63) is 106 Å². The maximum atomic E-state index is 13.6. The van der Waals surface area contributed by atoms with E-state index in [0.717, 1.165) is 11.8 Å². The minimum atomic E-state index is -0.512. The Bertz CT molecular complexity index is 1660. The van der Waals surface area contributed by atoms with Gasteiger partial charge in [0.05, 0.1) is 18.9 Å². The van der Waals surface area contributed by atoms with Crippen LogP contribution in [0.3, 0.4) is 0 Å². The molecule has 1 saturated heterocycles. The van der Waals surface area contributed by atoms with Gasteiger partial charge in [0.2, 0.25) is 0 Å². The summed E-state index contributed by atoms with van der Waals surface area (Å²) < 4.78 is 12.4. The van der Waals surface area contributed by atoms with Crippen LogP contribution < -0.4 is 10.3 Å². The number of fused-ring (bicyclic) bond motifs is 1. The molecule has 0 spiro atoms. The zero-order valence-corrected chi connectivity index (χ0v) is 22.1. The van der Waals surface area contributed by atoms with Gasteiger partial charge < -0.3 is 19.0 Å². The Morgan fingerprint density at radius 3 is 2.62 bits per heavy atom. The number of amides is 1. The zero-order chi connectivity index (χ0) is 27.5. The Morgan fingerprint density at radius 1 is 1.05 bits per heavy atom. The number of rotatable bonds is 8. The smallest absolute Gasteiger partial charge is 0.289 e. The molecule has 1 atom stereocenters. The van der Waals surface area contributed by atoms with Crippen LogP contribution in [0, 0.1) is 0 Å². The number of carbonyl (C=O) groups is 1. The van der Waals surface area contributed by atoms with E-state index in [0.29, 0.717) is 61.1 Å². The molecule has 1 aliphatic heterocycles. The molecule has 0 radical (unpaired) electrons. The summed E-state index contributed by atoms with van der Waals surface area (Å²) in [5.74, 6) is 1.41. The van der Waals surface area contributed by atoms with Gasteiger partial charge in [-0.15, -0.1) is 5.10 Å². The minimum Gasteiger partial charge on any atom is -0.497 e. The van der Waals surface area contributed by atoms with Gasteiger partial charge in [0, 0.05) is 44.4 Å². The highest BCUT2D eigenvalue weighted by Gasteiger charge is 2.34. The summed E-state index contributed by atoms with van der Waals surface area (Å²) in [5, 5.41) is 13.6. The second-order valence-corrected chi connectivity index (χ2v) is 9.71. The van der Waals surface area contributed by atoms with Crippen LogP contribution in [0.15, 0.2) is 82.2 Å². The minimum absolute atomic E-state index is 0.147. The number of nitrogens with zero attached hydrogens (tertiary/aromatic N) is 6. The first kappa shape index (κ1) is 25.5. The molecule has 1 amide bonds. The Morgan fingerprint density at radius 2 is 1.88 bits per heavy atom. The van der Waals surface area contributed by atoms with Crippen molar-refractivity contribution in [2.24, 2.45) is 0 Å². The number of aryl methyl sites for hydroxylation is 2. The fourth-order valence-corrected chi connectivity index (χ4v) is 5.21. The fourth-order valence-electron chi connectivity index (χ4n) is 5.21. The number of nitrogens with one attached hydrogen (secondary N) is 1. The van der Waals surface area contributed by atoms with E-state index in [9.17, 15) is 9.59 Å². The van der Waals surface area contributed by atoms with Gasteiger partial charge in [0.1, 0.15) is 11.8 Å². The molecule has 1 N–H and O–H groups in total. The fraction of sp³-hybridized carbons (Fsp3) is 0.276. The van der Waals surface area contributed by atoms with Crippen molar-refractivity contribution in [3.8, 4) is 5.75 Å². The standard InChI is InChI=1S/C29H29N7O4/c1-39-22-10-9-21-18-23(28(37)30-24(21)19-22)26(27-31-32-33-36(27)12-11-20-6-3-2-4-7-20)34-13-15-35(16-14-34)29(38)25-8-5-17-40-25/h2-10,17-19,26H,11-16H2,1H3,(H,30,37)/t26-/m0/s1. The molecule has 11 heteroatoms. The molecule has 0 aliphatic carbocycles. The molecule has 4 heterocycles. The first-order chi connectivity index (χ1) is 19.6. The summed E-state index contributed by atoms with van der Waals surface area (Å²) in [6.07, 6.45) is 2.24. The molecule has 2 aromatic carbocycles. The maximum Gasteiger partial charge on any atom is 0.289 e. The van der Waals surface area contributed by atoms with Crippen molar-refractivity contribution < 1.29 is 13.9 Å². The third-order valence-corrected chi connectivity index (χ3v) is 7.33. The number of aromatic nitrogens is 5. The Labute approximate surface area is 230 Å². The van der Waals surface area contributed by atoms with Crippen LogP contribution in [0.5, 0.6) is 5.75 Å². The van der Waals surface area contributed by atoms with Gasteiger partial charge in [0.25, 0.3) is 11.5 Å². The molecule has 1 aliphatic rings. The molecular weight excluding hydrogens is 510 g/mol. The number of piperazine rings is 1. The number of tetrazole rings is 1. The lowest BCUT2D eigenvalue weighted by atomic mass is 10.0. The third kappa shape index (κ3) is 5.10. The predicted octanol–water partition coefficient (Wildman–Crippen LogP) is 2.91. The van der Waals surface area contributed by atoms with Crippen LogP contribution in [0.25, 0.3) is 10.9 Å². The SMILES string of the molecule is COc1ccc2cc([C@@H](c3nnnn3CCc3ccccc3)N3CCN(C(=O)c4ccco4)CC3)c(=O)[nH]c2c1. The van der Waals surface area contributed by atoms with Gasteiger partial charge in [-0.05, 0) is 58.1 Å². The van der Waals surface area contributed by atoms with Crippen molar-refractivity contribution >= 4 is 16.8 Å². The number of methoxy groups -OCH3 is 1. The largest absolute Gasteiger partial charge is 0.497 e. The number of hydrogen-bond donors (Lipinski definition) is 1. The zero-order valence-electron chi connectivity index (χ0n) is 22.1. The number of furan rings is 1. The van der Waals surface area contributed by atoms with Crippen molar-refractivity contribution in [3.63, 3.8) is 0 Å². The van der Waals surface area contributed by atoms with Crippen LogP contribution in [0.4, 0.5) is 0 Å². The second kappa shape index (κ2) is 11.1. The van der Waals surface area contributed by atoms with Gasteiger partial charge in [-0.2, -0.15) is 0 Å². The lowest BCUT2D eigenvalue weighted by Gasteiger charge is -2.38. The van der Waals surface area contributed by atoms with E-state index in [-0.39, 0.29) is 11.5 Å². The first-order valence-corrected chi connectivity index (χ1v) is 13.2. The topological polar surface area (TPSA) is 122 Å². The molecule has 1 fully saturated rings. The third-order valence-electron chi connectivity index (χ3n) is 7.33. The predicted molar refractivity (Wildman–Crippen MR) is 147 cm³/mol. The van der Waals surface area contributed by atoms with Gasteiger partial charge in [-0.25, -0.2) is 4.68 Å². The van der Waals surface area contributed by atoms with Gasteiger partial charge in [-0.1, -0.05) is 30.3 Å². The average Bonchev–Trinajstić information content (AvgIpc) is 3.70. The van der Waals surface area contributed by atoms with Crippen LogP contribution in [0.2, 0.25) is 0 Å². The van der Waals surface area contributed by atoms with E-state index in [2.05, 4.69) is 37.5 Å². The molecule has 0 bridgehead atoms. The maximum absolute atomic E-state index is 13.6. The lowest BCUT2D eigenvalue weighted by Crippen LogP contribution is -2.50. The molecule has 6 rings (SSSR count). The number of ether oxygens (including phenoxy) is 1. The van der Waals surface area contributed by atoms with Crippen LogP contribution in [-0.4, -0.2) is 74.2 Å². The number of H-pyrrole nitrogens is 1. The molecule has 0 saturated carbocycles. The lowest BCUT2D eigenvalue weighted by molar-refractivity contribution is 0.0558. The van der Waals surface area contributed by atoms with Crippen LogP contribution >= 0.6 is 0 Å². The number of aromatic amines is 1. The van der Waals surface area contributed by atoms with Crippen molar-refractivity contribution in [2.45, 2.75) is 19.0 Å². The highest BCUT2D eigenvalue weighted by atomic mass is 16.5. The van der Waals surface area contributed by atoms with Crippen molar-refractivity contribution in [1.82, 2.24) is 35.0 Å². The molecule has 11 nitrogen and oxygen atoms in total. The quantitative estimate of drug-likeness (QED) is 0.319. The number of benzene rings is 2. The van der Waals surface area contributed by atoms with E-state index < -0.39 is 6.04 Å². The van der Waals surface area contributed by atoms with Crippen molar-refractivity contribution in [1.29, 1.82) is 0 Å². The van der Waals surface area contributed by atoms with Crippen molar-refractivity contribution in [2.75, 3.05) is 33.3 Å². The van der Waals surface area contributed by atoms with Crippen LogP contribution in [-0.2, 0) is 13.0 Å². The summed E-state index contributed by atoms with van der Waals surface area (Å²) in [4.78, 5) is 33.4. The highest BCUT2D eigenvalue weighted by molar-refractivity contribution is 5.91. The van der Waals surface area contributed by atoms with E-state index in [1.807, 2.05) is 36.4 Å². The number of pyridine rings is 1. The summed E-state index contributed by atoms with van der Waals surface area (Å²) in [6.45, 7) is 2.57. The number of carbonyl (C=O) groups excluding carboxylic acids is 1. The van der Waals surface area contributed by atoms with Gasteiger partial charge in [0.15, 0.2) is 11.6 Å². The molecular formula is C29H29N7O4. The molecule has 0 unspecified atom stereocenters. The highest BCUT2D eigenvalue weighted by Crippen LogP contribution is 2.29. The monoisotopic (exact) mass is 539 g/mol. The normalized spacial score (nSPS) is 14.9. The average molecular weight is 540 g/mol. The van der Waals surface area contributed by atoms with Crippen LogP contribution in [0.1, 0.15) is 33.5 Å². The summed E-state index contributed by atoms with van der Waals surface area (Å²) in [7, 11) is 1.59. The Hall–Kier alpha value is -4.77. The summed E-state index contributed by atoms with van der Waals surface area (Å²) in [5.41, 5.74) is 2.17. The molecule has 204 valence electrons. The van der Waals surface area contributed by atoms with E-state index >= 15 is 0 Å². The van der Waals surface area contributed by atoms with Gasteiger partial charge >= 0.3 is 0 Å². The van der Waals surface area contributed by atoms with E-state index in [1.165, 1.54) is 11.8 Å². The summed E-state index contributed by atoms with van der Waals surface area (Å²) in [6, 6.07) is 20.5. The molecule has 40 heavy (non-hydrogen) atoms. The van der Waals surface area contributed by atoms with E-state index in [4.69, 9.17) is 9.15 Å². The second-order valence-electron chi connectivity index (χ2n) is 9.71. The van der Waals surface area contributed by atoms with Gasteiger partial charge in [-0.3, -0.25) is 14.5 Å². The Kier molecular flexibility index (Phi) is 7.11. The molecule has 3 aromatic heterocycles. The number of hydrogen-bond acceptors (Lipinski definition) is 8.